The van der Waals surface area contributed by atoms with Gasteiger partial charge in [-0.05, 0) is 80.0 Å². The van der Waals surface area contributed by atoms with Crippen molar-refractivity contribution >= 4 is 74.2 Å². The predicted molar refractivity (Wildman–Crippen MR) is 169 cm³/mol. The van der Waals surface area contributed by atoms with E-state index in [0.29, 0.717) is 17.3 Å². The number of aromatic hydroxyl groups is 1. The molecule has 1 N–H and O–H groups in total. The number of nitrogens with zero attached hydrogens (tertiary/aromatic N) is 3. The fourth-order valence-corrected chi connectivity index (χ4v) is 12.2. The first kappa shape index (κ1) is 28.7. The number of hydrogen-bond donors (Lipinski definition) is 1. The lowest BCUT2D eigenvalue weighted by Crippen LogP contribution is -2.22. The SMILES string of the molecule is CCN(CC)Cc1cc(N(c2cc(C)nc3cc(Cl)ccc23)P(C)O[P+](C)(P)c2cccs2)ccc1O. The largest absolute Gasteiger partial charge is 0.508 e. The van der Waals surface area contributed by atoms with Gasteiger partial charge in [0.15, 0.2) is 12.9 Å². The van der Waals surface area contributed by atoms with Crippen LogP contribution in [0.1, 0.15) is 25.1 Å². The highest BCUT2D eigenvalue weighted by atomic mass is 35.5. The summed E-state index contributed by atoms with van der Waals surface area (Å²) in [4.78, 5) is 7.05. The summed E-state index contributed by atoms with van der Waals surface area (Å²) >= 11 is 8.07. The number of fused-ring (bicyclic) bond motifs is 1. The molecular formula is C27H34ClN3O2P3S+. The van der Waals surface area contributed by atoms with E-state index in [9.17, 15) is 5.11 Å². The van der Waals surface area contributed by atoms with Crippen molar-refractivity contribution in [2.24, 2.45) is 0 Å². The minimum Gasteiger partial charge on any atom is -0.508 e. The molecule has 4 aromatic rings. The van der Waals surface area contributed by atoms with Crippen LogP contribution in [0.3, 0.4) is 0 Å². The fourth-order valence-electron chi connectivity index (χ4n) is 4.30. The summed E-state index contributed by atoms with van der Waals surface area (Å²) in [5.74, 6) is 0.307. The second-order valence-corrected chi connectivity index (χ2v) is 18.1. The molecule has 0 amide bonds. The number of rotatable bonds is 10. The highest BCUT2D eigenvalue weighted by Gasteiger charge is 2.38. The third-order valence-corrected chi connectivity index (χ3v) is 15.1. The van der Waals surface area contributed by atoms with Crippen molar-refractivity contribution in [2.75, 3.05) is 31.1 Å². The molecule has 37 heavy (non-hydrogen) atoms. The van der Waals surface area contributed by atoms with Crippen molar-refractivity contribution in [1.29, 1.82) is 0 Å². The van der Waals surface area contributed by atoms with Gasteiger partial charge >= 0.3 is 0 Å². The molecule has 0 aliphatic heterocycles. The molecule has 196 valence electrons. The zero-order valence-corrected chi connectivity index (χ0v) is 26.4. The van der Waals surface area contributed by atoms with Crippen molar-refractivity contribution in [2.45, 2.75) is 27.3 Å². The van der Waals surface area contributed by atoms with Crippen molar-refractivity contribution in [3.8, 4) is 5.75 Å². The lowest BCUT2D eigenvalue weighted by Gasteiger charge is -2.33. The molecule has 0 aliphatic rings. The number of aromatic nitrogens is 1. The number of pyridine rings is 1. The Morgan fingerprint density at radius 2 is 1.89 bits per heavy atom. The number of aryl methyl sites for hydroxylation is 1. The average molecular weight is 593 g/mol. The van der Waals surface area contributed by atoms with E-state index in [4.69, 9.17) is 20.9 Å². The van der Waals surface area contributed by atoms with Crippen LogP contribution in [0.4, 0.5) is 11.4 Å². The monoisotopic (exact) mass is 592 g/mol. The summed E-state index contributed by atoms with van der Waals surface area (Å²) in [5, 5.41) is 14.5. The molecule has 0 saturated carbocycles. The molecule has 5 nitrogen and oxygen atoms in total. The van der Waals surface area contributed by atoms with Crippen LogP contribution in [0.5, 0.6) is 5.75 Å². The lowest BCUT2D eigenvalue weighted by molar-refractivity contribution is 0.291. The Kier molecular flexibility index (Phi) is 9.47. The van der Waals surface area contributed by atoms with Crippen molar-refractivity contribution in [3.63, 3.8) is 0 Å². The van der Waals surface area contributed by atoms with Gasteiger partial charge in [-0.25, -0.2) is 0 Å². The van der Waals surface area contributed by atoms with Crippen LogP contribution in [0.25, 0.3) is 10.9 Å². The standard InChI is InChI=1S/C27H33ClN3O2P3S/c1-6-30(7-2)18-20-16-22(11-13-26(20)32)31(35(4)33-36(5,34)27-9-8-14-37-27)25-15-19(3)29-24-17-21(28)10-12-23(24)25/h8-17H,6-7,18,34H2,1-5H3/p+1. The highest BCUT2D eigenvalue weighted by molar-refractivity contribution is 8.28. The lowest BCUT2D eigenvalue weighted by atomic mass is 10.1. The van der Waals surface area contributed by atoms with Crippen LogP contribution >= 0.6 is 47.3 Å². The molecule has 4 rings (SSSR count). The van der Waals surface area contributed by atoms with Crippen LogP contribution in [-0.2, 0) is 10.9 Å². The van der Waals surface area contributed by atoms with E-state index in [2.05, 4.69) is 75.3 Å². The summed E-state index contributed by atoms with van der Waals surface area (Å²) in [5.41, 5.74) is 4.64. The predicted octanol–water partition coefficient (Wildman–Crippen LogP) is 8.58. The molecule has 10 heteroatoms. The van der Waals surface area contributed by atoms with E-state index in [0.717, 1.165) is 46.6 Å². The number of phenols is 1. The summed E-state index contributed by atoms with van der Waals surface area (Å²) in [7, 11) is -0.0302. The van der Waals surface area contributed by atoms with Crippen LogP contribution < -0.4 is 9.29 Å². The van der Waals surface area contributed by atoms with E-state index in [-0.39, 0.29) is 0 Å². The van der Waals surface area contributed by atoms with E-state index < -0.39 is 15.5 Å². The summed E-state index contributed by atoms with van der Waals surface area (Å²) in [6, 6.07) is 18.0. The summed E-state index contributed by atoms with van der Waals surface area (Å²) in [6.45, 7) is 13.1. The molecule has 2 aromatic carbocycles. The van der Waals surface area contributed by atoms with Gasteiger partial charge in [0.2, 0.25) is 7.18 Å². The Morgan fingerprint density at radius 3 is 2.57 bits per heavy atom. The normalized spacial score (nSPS) is 14.2. The minimum absolute atomic E-state index is 0.307. The van der Waals surface area contributed by atoms with Crippen molar-refractivity contribution in [1.82, 2.24) is 9.88 Å². The van der Waals surface area contributed by atoms with E-state index in [1.54, 1.807) is 17.4 Å². The topological polar surface area (TPSA) is 48.8 Å². The van der Waals surface area contributed by atoms with Gasteiger partial charge in [-0.3, -0.25) is 14.6 Å². The Hall–Kier alpha value is -1.35. The Balaban J connectivity index is 1.86. The maximum absolute atomic E-state index is 10.7. The van der Waals surface area contributed by atoms with Gasteiger partial charge in [-0.2, -0.15) is 4.31 Å². The van der Waals surface area contributed by atoms with Gasteiger partial charge in [0.1, 0.15) is 5.75 Å². The van der Waals surface area contributed by atoms with Crippen LogP contribution in [0.15, 0.2) is 60.0 Å². The van der Waals surface area contributed by atoms with Gasteiger partial charge in [0.25, 0.3) is 0 Å². The zero-order valence-electron chi connectivity index (χ0n) is 21.8. The number of thiophene rings is 1. The number of phenolic OH excluding ortho intramolecular Hbond substituents is 1. The molecule has 0 bridgehead atoms. The molecule has 0 radical (unpaired) electrons. The van der Waals surface area contributed by atoms with Gasteiger partial charge in [0.05, 0.1) is 26.8 Å². The first-order chi connectivity index (χ1) is 17.6. The zero-order chi connectivity index (χ0) is 26.7. The van der Waals surface area contributed by atoms with E-state index in [1.807, 2.05) is 31.2 Å². The molecule has 3 unspecified atom stereocenters. The first-order valence-electron chi connectivity index (χ1n) is 12.2. The highest BCUT2D eigenvalue weighted by Crippen LogP contribution is 2.72. The van der Waals surface area contributed by atoms with Crippen molar-refractivity contribution in [3.05, 3.63) is 76.3 Å². The molecule has 2 aromatic heterocycles. The molecule has 0 spiro atoms. The molecular weight excluding hydrogens is 559 g/mol. The van der Waals surface area contributed by atoms with Gasteiger partial charge in [-0.1, -0.05) is 25.4 Å². The smallest absolute Gasteiger partial charge is 0.204 e. The first-order valence-corrected chi connectivity index (χ1v) is 18.9. The van der Waals surface area contributed by atoms with Gasteiger partial charge < -0.3 is 5.11 Å². The summed E-state index contributed by atoms with van der Waals surface area (Å²) in [6.07, 6.45) is 0. The maximum atomic E-state index is 10.7. The average Bonchev–Trinajstić information content (AvgIpc) is 3.40. The Morgan fingerprint density at radius 1 is 1.14 bits per heavy atom. The van der Waals surface area contributed by atoms with Crippen LogP contribution in [0.2, 0.25) is 5.02 Å². The van der Waals surface area contributed by atoms with Crippen LogP contribution in [-0.4, -0.2) is 41.4 Å². The molecule has 0 aliphatic carbocycles. The molecule has 0 fully saturated rings. The fraction of sp³-hybridized carbons (Fsp3) is 0.296. The van der Waals surface area contributed by atoms with E-state index in [1.165, 1.54) is 4.62 Å². The van der Waals surface area contributed by atoms with Gasteiger partial charge in [-0.15, -0.1) is 11.3 Å². The quantitative estimate of drug-likeness (QED) is 0.187. The second kappa shape index (κ2) is 12.2. The Bertz CT molecular complexity index is 1360. The van der Waals surface area contributed by atoms with Crippen molar-refractivity contribution < 1.29 is 9.42 Å². The third-order valence-electron chi connectivity index (χ3n) is 6.22. The summed E-state index contributed by atoms with van der Waals surface area (Å²) < 4.78 is 10.4. The number of hydrogen-bond acceptors (Lipinski definition) is 6. The molecule has 0 saturated heterocycles. The molecule has 3 atom stereocenters. The number of benzene rings is 2. The number of halogens is 1. The maximum Gasteiger partial charge on any atom is 0.204 e. The number of anilines is 2. The second-order valence-electron chi connectivity index (χ2n) is 9.02. The van der Waals surface area contributed by atoms with E-state index >= 15 is 0 Å². The third kappa shape index (κ3) is 6.63. The molecule has 2 heterocycles. The minimum atomic E-state index is -1.90. The van der Waals surface area contributed by atoms with Crippen LogP contribution in [0, 0.1) is 6.92 Å². The Labute approximate surface area is 233 Å². The van der Waals surface area contributed by atoms with Gasteiger partial charge in [0, 0.05) is 40.6 Å².